The maximum Gasteiger partial charge on any atom is 0.246 e. The zero-order valence-corrected chi connectivity index (χ0v) is 10.2. The Hall–Kier alpha value is -2.00. The van der Waals surface area contributed by atoms with E-state index in [2.05, 4.69) is 19.8 Å². The Morgan fingerprint density at radius 3 is 2.89 bits per heavy atom. The first kappa shape index (κ1) is 12.5. The van der Waals surface area contributed by atoms with Crippen LogP contribution in [0.15, 0.2) is 32.7 Å². The van der Waals surface area contributed by atoms with Crippen molar-refractivity contribution in [1.29, 1.82) is 0 Å². The van der Waals surface area contributed by atoms with Crippen molar-refractivity contribution >= 4 is 10.0 Å². The molecule has 0 aromatic carbocycles. The third-order valence-corrected chi connectivity index (χ3v) is 3.48. The minimum atomic E-state index is -3.90. The van der Waals surface area contributed by atoms with Gasteiger partial charge >= 0.3 is 0 Å². The molecule has 2 rings (SSSR count). The molecule has 9 heteroatoms. The van der Waals surface area contributed by atoms with Crippen molar-refractivity contribution in [2.24, 2.45) is 0 Å². The Kier molecular flexibility index (Phi) is 3.26. The number of aromatic nitrogens is 3. The number of aryl methyl sites for hydroxylation is 1. The number of nitrogens with one attached hydrogen (secondary N) is 2. The van der Waals surface area contributed by atoms with E-state index in [1.165, 1.54) is 6.20 Å². The lowest BCUT2D eigenvalue weighted by atomic mass is 10.5. The zero-order chi connectivity index (χ0) is 13.2. The van der Waals surface area contributed by atoms with Crippen molar-refractivity contribution < 1.29 is 12.9 Å². The molecule has 2 heterocycles. The Labute approximate surface area is 102 Å². The van der Waals surface area contributed by atoms with E-state index in [0.717, 1.165) is 12.3 Å². The van der Waals surface area contributed by atoms with Gasteiger partial charge in [0, 0.05) is 18.5 Å². The molecule has 2 N–H and O–H groups in total. The topological polar surface area (TPSA) is 118 Å². The van der Waals surface area contributed by atoms with Gasteiger partial charge in [-0.15, -0.1) is 0 Å². The summed E-state index contributed by atoms with van der Waals surface area (Å²) in [6, 6.07) is 1.13. The van der Waals surface area contributed by atoms with Crippen LogP contribution in [0.4, 0.5) is 0 Å². The molecule has 0 saturated carbocycles. The van der Waals surface area contributed by atoms with Gasteiger partial charge in [-0.25, -0.2) is 13.1 Å². The van der Waals surface area contributed by atoms with E-state index in [-0.39, 0.29) is 17.3 Å². The van der Waals surface area contributed by atoms with E-state index in [0.29, 0.717) is 5.82 Å². The quantitative estimate of drug-likeness (QED) is 0.776. The molecule has 0 aliphatic carbocycles. The normalized spacial score (nSPS) is 11.6. The maximum atomic E-state index is 11.8. The van der Waals surface area contributed by atoms with Gasteiger partial charge in [-0.3, -0.25) is 4.79 Å². The molecule has 0 spiro atoms. The lowest BCUT2D eigenvalue weighted by Crippen LogP contribution is -2.28. The van der Waals surface area contributed by atoms with Gasteiger partial charge in [0.25, 0.3) is 0 Å². The van der Waals surface area contributed by atoms with Crippen LogP contribution >= 0.6 is 0 Å². The molecule has 2 aromatic rings. The van der Waals surface area contributed by atoms with Gasteiger partial charge in [0.15, 0.2) is 5.82 Å². The molecule has 96 valence electrons. The van der Waals surface area contributed by atoms with Crippen LogP contribution in [0.3, 0.4) is 0 Å². The van der Waals surface area contributed by atoms with E-state index < -0.39 is 15.5 Å². The zero-order valence-electron chi connectivity index (χ0n) is 9.37. The van der Waals surface area contributed by atoms with Crippen molar-refractivity contribution in [2.45, 2.75) is 18.4 Å². The SMILES string of the molecule is Cc1noc(CNS(=O)(=O)c2c[nH]ccc2=O)n1. The highest BCUT2D eigenvalue weighted by Gasteiger charge is 2.18. The summed E-state index contributed by atoms with van der Waals surface area (Å²) in [5, 5.41) is 3.52. The van der Waals surface area contributed by atoms with Gasteiger partial charge in [0.2, 0.25) is 21.3 Å². The minimum Gasteiger partial charge on any atom is -0.366 e. The fraction of sp³-hybridized carbons (Fsp3) is 0.222. The molecule has 0 aliphatic heterocycles. The van der Waals surface area contributed by atoms with Crippen LogP contribution < -0.4 is 10.2 Å². The smallest absolute Gasteiger partial charge is 0.246 e. The van der Waals surface area contributed by atoms with Crippen LogP contribution in [0.25, 0.3) is 0 Å². The van der Waals surface area contributed by atoms with Crippen LogP contribution in [0.1, 0.15) is 11.7 Å². The number of H-pyrrole nitrogens is 1. The summed E-state index contributed by atoms with van der Waals surface area (Å²) in [5.74, 6) is 0.533. The second-order valence-electron chi connectivity index (χ2n) is 3.43. The number of rotatable bonds is 4. The highest BCUT2D eigenvalue weighted by molar-refractivity contribution is 7.89. The highest BCUT2D eigenvalue weighted by atomic mass is 32.2. The molecular weight excluding hydrogens is 260 g/mol. The first-order valence-electron chi connectivity index (χ1n) is 4.95. The number of hydrogen-bond acceptors (Lipinski definition) is 6. The van der Waals surface area contributed by atoms with Crippen LogP contribution in [0.5, 0.6) is 0 Å². The summed E-state index contributed by atoms with van der Waals surface area (Å²) in [6.45, 7) is 1.45. The van der Waals surface area contributed by atoms with Crippen LogP contribution in [-0.2, 0) is 16.6 Å². The number of nitrogens with zero attached hydrogens (tertiary/aromatic N) is 2. The monoisotopic (exact) mass is 270 g/mol. The standard InChI is InChI=1S/C9H10N4O4S/c1-6-12-9(17-13-6)5-11-18(15,16)8-4-10-3-2-7(8)14/h2-4,11H,5H2,1H3,(H,10,14). The summed E-state index contributed by atoms with van der Waals surface area (Å²) in [6.07, 6.45) is 2.46. The molecule has 8 nitrogen and oxygen atoms in total. The Morgan fingerprint density at radius 2 is 2.28 bits per heavy atom. The van der Waals surface area contributed by atoms with Crippen molar-refractivity contribution in [1.82, 2.24) is 19.8 Å². The summed E-state index contributed by atoms with van der Waals surface area (Å²) in [4.78, 5) is 17.4. The van der Waals surface area contributed by atoms with Gasteiger partial charge in [-0.05, 0) is 6.92 Å². The van der Waals surface area contributed by atoms with Crippen molar-refractivity contribution in [3.8, 4) is 0 Å². The van der Waals surface area contributed by atoms with Crippen LogP contribution in [0.2, 0.25) is 0 Å². The predicted octanol–water partition coefficient (Wildman–Crippen LogP) is -0.455. The molecule has 0 atom stereocenters. The summed E-state index contributed by atoms with van der Waals surface area (Å²) < 4.78 is 30.6. The molecule has 2 aromatic heterocycles. The third-order valence-electron chi connectivity index (χ3n) is 2.06. The maximum absolute atomic E-state index is 11.8. The minimum absolute atomic E-state index is 0.128. The van der Waals surface area contributed by atoms with E-state index in [1.54, 1.807) is 6.92 Å². The van der Waals surface area contributed by atoms with Gasteiger partial charge < -0.3 is 9.51 Å². The van der Waals surface area contributed by atoms with Crippen LogP contribution in [-0.4, -0.2) is 23.5 Å². The van der Waals surface area contributed by atoms with Crippen molar-refractivity contribution in [3.05, 3.63) is 40.4 Å². The summed E-state index contributed by atoms with van der Waals surface area (Å²) in [7, 11) is -3.90. The van der Waals surface area contributed by atoms with Crippen molar-refractivity contribution in [2.75, 3.05) is 0 Å². The average molecular weight is 270 g/mol. The number of sulfonamides is 1. The van der Waals surface area contributed by atoms with Crippen LogP contribution in [0, 0.1) is 6.92 Å². The molecule has 0 amide bonds. The van der Waals surface area contributed by atoms with Gasteiger partial charge in [-0.2, -0.15) is 4.98 Å². The number of aromatic amines is 1. The van der Waals surface area contributed by atoms with E-state index >= 15 is 0 Å². The Balaban J connectivity index is 2.18. The number of hydrogen-bond donors (Lipinski definition) is 2. The Bertz CT molecular complexity index is 703. The molecule has 0 saturated heterocycles. The second-order valence-corrected chi connectivity index (χ2v) is 5.17. The first-order valence-corrected chi connectivity index (χ1v) is 6.43. The third kappa shape index (κ3) is 2.63. The Morgan fingerprint density at radius 1 is 1.50 bits per heavy atom. The lowest BCUT2D eigenvalue weighted by Gasteiger charge is -2.02. The largest absolute Gasteiger partial charge is 0.366 e. The van der Waals surface area contributed by atoms with E-state index in [4.69, 9.17) is 4.52 Å². The highest BCUT2D eigenvalue weighted by Crippen LogP contribution is 2.02. The average Bonchev–Trinajstić information content (AvgIpc) is 2.73. The first-order chi connectivity index (χ1) is 8.49. The van der Waals surface area contributed by atoms with E-state index in [1.807, 2.05) is 0 Å². The molecular formula is C9H10N4O4S. The van der Waals surface area contributed by atoms with Gasteiger partial charge in [0.05, 0.1) is 6.54 Å². The fourth-order valence-electron chi connectivity index (χ4n) is 1.26. The molecule has 18 heavy (non-hydrogen) atoms. The molecule has 0 bridgehead atoms. The van der Waals surface area contributed by atoms with Crippen molar-refractivity contribution in [3.63, 3.8) is 0 Å². The second kappa shape index (κ2) is 4.70. The molecule has 0 fully saturated rings. The van der Waals surface area contributed by atoms with Gasteiger partial charge in [0.1, 0.15) is 4.90 Å². The molecule has 0 aliphatic rings. The fourth-order valence-corrected chi connectivity index (χ4v) is 2.28. The molecule has 0 unspecified atom stereocenters. The number of pyridine rings is 1. The summed E-state index contributed by atoms with van der Waals surface area (Å²) in [5.41, 5.74) is -0.594. The van der Waals surface area contributed by atoms with E-state index in [9.17, 15) is 13.2 Å². The predicted molar refractivity (Wildman–Crippen MR) is 60.1 cm³/mol. The lowest BCUT2D eigenvalue weighted by molar-refractivity contribution is 0.372. The summed E-state index contributed by atoms with van der Waals surface area (Å²) >= 11 is 0. The van der Waals surface area contributed by atoms with Gasteiger partial charge in [-0.1, -0.05) is 5.16 Å². The molecule has 0 radical (unpaired) electrons.